The maximum absolute atomic E-state index is 13.7. The van der Waals surface area contributed by atoms with E-state index in [4.69, 9.17) is 11.5 Å². The van der Waals surface area contributed by atoms with Crippen molar-refractivity contribution in [1.82, 2.24) is 24.1 Å². The zero-order valence-electron chi connectivity index (χ0n) is 19.6. The summed E-state index contributed by atoms with van der Waals surface area (Å²) < 4.78 is 3.54. The van der Waals surface area contributed by atoms with E-state index in [0.29, 0.717) is 35.6 Å². The van der Waals surface area contributed by atoms with E-state index >= 15 is 0 Å². The number of allylic oxidation sites excluding steroid dienone is 2. The van der Waals surface area contributed by atoms with E-state index in [1.54, 1.807) is 10.8 Å². The van der Waals surface area contributed by atoms with Crippen LogP contribution in [-0.2, 0) is 13.1 Å². The van der Waals surface area contributed by atoms with E-state index in [-0.39, 0.29) is 18.1 Å². The third-order valence-corrected chi connectivity index (χ3v) is 6.33. The van der Waals surface area contributed by atoms with Gasteiger partial charge in [-0.2, -0.15) is 0 Å². The Morgan fingerprint density at radius 3 is 2.85 bits per heavy atom. The highest BCUT2D eigenvalue weighted by atomic mass is 16.1. The molecule has 34 heavy (non-hydrogen) atoms. The minimum atomic E-state index is -0.164. The minimum absolute atomic E-state index is 0.0812. The second kappa shape index (κ2) is 8.90. The quantitative estimate of drug-likeness (QED) is 0.441. The molecule has 4 N–H and O–H groups in total. The molecule has 0 aliphatic carbocycles. The van der Waals surface area contributed by atoms with Gasteiger partial charge in [-0.25, -0.2) is 15.0 Å². The molecule has 0 radical (unpaired) electrons. The van der Waals surface area contributed by atoms with Crippen LogP contribution in [0.2, 0.25) is 0 Å². The van der Waals surface area contributed by atoms with E-state index in [2.05, 4.69) is 25.9 Å². The SMILES string of the molecule is CC(C)=CCn1c(N2CCC[C@H](N)C2)c(N)c2ncn(Cc3ncc4ccccc4n3)c(=O)c21. The van der Waals surface area contributed by atoms with Crippen molar-refractivity contribution in [3.05, 3.63) is 64.6 Å². The summed E-state index contributed by atoms with van der Waals surface area (Å²) in [6, 6.07) is 7.87. The molecule has 0 amide bonds. The molecule has 1 aliphatic rings. The molecule has 0 saturated carbocycles. The summed E-state index contributed by atoms with van der Waals surface area (Å²) in [5, 5.41) is 0.958. The van der Waals surface area contributed by atoms with Crippen LogP contribution in [0.3, 0.4) is 0 Å². The molecule has 4 aromatic rings. The van der Waals surface area contributed by atoms with E-state index < -0.39 is 0 Å². The van der Waals surface area contributed by atoms with Gasteiger partial charge in [-0.3, -0.25) is 9.36 Å². The van der Waals surface area contributed by atoms with Gasteiger partial charge < -0.3 is 20.9 Å². The van der Waals surface area contributed by atoms with Crippen LogP contribution >= 0.6 is 0 Å². The molecule has 4 heterocycles. The monoisotopic (exact) mass is 458 g/mol. The van der Waals surface area contributed by atoms with Crippen LogP contribution < -0.4 is 21.9 Å². The molecule has 0 spiro atoms. The first-order valence-corrected chi connectivity index (χ1v) is 11.6. The fraction of sp³-hybridized carbons (Fsp3) is 0.360. The van der Waals surface area contributed by atoms with Gasteiger partial charge in [0, 0.05) is 37.3 Å². The Balaban J connectivity index is 1.62. The van der Waals surface area contributed by atoms with Crippen molar-refractivity contribution in [2.45, 2.75) is 45.8 Å². The third kappa shape index (κ3) is 4.03. The van der Waals surface area contributed by atoms with Crippen LogP contribution in [0.25, 0.3) is 21.9 Å². The van der Waals surface area contributed by atoms with Gasteiger partial charge in [-0.05, 0) is 32.8 Å². The fourth-order valence-electron chi connectivity index (χ4n) is 4.62. The number of nitrogens with two attached hydrogens (primary N) is 2. The smallest absolute Gasteiger partial charge is 0.278 e. The number of piperidine rings is 1. The predicted molar refractivity (Wildman–Crippen MR) is 136 cm³/mol. The number of aromatic nitrogens is 5. The maximum atomic E-state index is 13.7. The Hall–Kier alpha value is -3.72. The molecule has 0 bridgehead atoms. The Bertz CT molecular complexity index is 1450. The first-order chi connectivity index (χ1) is 16.4. The topological polar surface area (TPSA) is 121 Å². The third-order valence-electron chi connectivity index (χ3n) is 6.33. The first kappa shape index (κ1) is 22.1. The highest BCUT2D eigenvalue weighted by Gasteiger charge is 2.27. The van der Waals surface area contributed by atoms with Crippen LogP contribution in [-0.4, -0.2) is 43.2 Å². The number of anilines is 2. The summed E-state index contributed by atoms with van der Waals surface area (Å²) >= 11 is 0. The molecule has 1 saturated heterocycles. The maximum Gasteiger partial charge on any atom is 0.278 e. The van der Waals surface area contributed by atoms with Crippen molar-refractivity contribution < 1.29 is 0 Å². The van der Waals surface area contributed by atoms with Crippen molar-refractivity contribution in [2.24, 2.45) is 5.73 Å². The number of fused-ring (bicyclic) bond motifs is 2. The molecule has 176 valence electrons. The van der Waals surface area contributed by atoms with Gasteiger partial charge >= 0.3 is 0 Å². The summed E-state index contributed by atoms with van der Waals surface area (Å²) in [5.74, 6) is 1.38. The molecule has 9 heteroatoms. The standard InChI is InChI=1S/C25H30N8O/c1-16(2)9-11-33-23-22(21(27)24(33)31-10-5-7-18(26)13-31)29-15-32(25(23)34)14-20-28-12-17-6-3-4-8-19(17)30-20/h3-4,6,8-9,12,15,18H,5,7,10-11,13-14,26-27H2,1-2H3/t18-/m0/s1. The van der Waals surface area contributed by atoms with Crippen molar-refractivity contribution in [3.63, 3.8) is 0 Å². The number of hydrogen-bond acceptors (Lipinski definition) is 7. The molecule has 1 aliphatic heterocycles. The van der Waals surface area contributed by atoms with Crippen molar-refractivity contribution >= 4 is 33.4 Å². The average Bonchev–Trinajstić information content (AvgIpc) is 3.11. The van der Waals surface area contributed by atoms with Crippen LogP contribution in [0.4, 0.5) is 11.5 Å². The number of nitrogen functional groups attached to an aromatic ring is 1. The van der Waals surface area contributed by atoms with Crippen LogP contribution in [0.15, 0.2) is 53.2 Å². The van der Waals surface area contributed by atoms with Crippen molar-refractivity contribution in [1.29, 1.82) is 0 Å². The Labute approximate surface area is 197 Å². The molecule has 9 nitrogen and oxygen atoms in total. The number of rotatable bonds is 5. The zero-order chi connectivity index (χ0) is 23.8. The second-order valence-corrected chi connectivity index (χ2v) is 9.20. The Kier molecular flexibility index (Phi) is 5.79. The van der Waals surface area contributed by atoms with Crippen molar-refractivity contribution in [3.8, 4) is 0 Å². The molecule has 0 unspecified atom stereocenters. The summed E-state index contributed by atoms with van der Waals surface area (Å²) in [7, 11) is 0. The Morgan fingerprint density at radius 2 is 2.06 bits per heavy atom. The summed E-state index contributed by atoms with van der Waals surface area (Å²) in [5.41, 5.74) is 16.2. The predicted octanol–water partition coefficient (Wildman–Crippen LogP) is 2.67. The molecule has 5 rings (SSSR count). The lowest BCUT2D eigenvalue weighted by Gasteiger charge is -2.33. The van der Waals surface area contributed by atoms with Gasteiger partial charge in [0.2, 0.25) is 0 Å². The van der Waals surface area contributed by atoms with Gasteiger partial charge in [0.05, 0.1) is 18.4 Å². The summed E-state index contributed by atoms with van der Waals surface area (Å²) in [4.78, 5) is 29.6. The van der Waals surface area contributed by atoms with Gasteiger partial charge in [0.15, 0.2) is 0 Å². The molecule has 1 fully saturated rings. The summed E-state index contributed by atoms with van der Waals surface area (Å²) in [6.07, 6.45) is 7.39. The van der Waals surface area contributed by atoms with Crippen LogP contribution in [0.5, 0.6) is 0 Å². The fourth-order valence-corrected chi connectivity index (χ4v) is 4.62. The lowest BCUT2D eigenvalue weighted by molar-refractivity contribution is 0.499. The molecule has 3 aromatic heterocycles. The lowest BCUT2D eigenvalue weighted by atomic mass is 10.1. The molecule has 1 aromatic carbocycles. The molecular weight excluding hydrogens is 428 g/mol. The highest BCUT2D eigenvalue weighted by Crippen LogP contribution is 2.34. The van der Waals surface area contributed by atoms with Gasteiger partial charge in [0.1, 0.15) is 28.4 Å². The van der Waals surface area contributed by atoms with Crippen LogP contribution in [0.1, 0.15) is 32.5 Å². The molecular formula is C25H30N8O. The Morgan fingerprint density at radius 1 is 1.24 bits per heavy atom. The highest BCUT2D eigenvalue weighted by molar-refractivity contribution is 5.96. The van der Waals surface area contributed by atoms with E-state index in [1.165, 1.54) is 6.33 Å². The number of benzene rings is 1. The number of para-hydroxylation sites is 1. The first-order valence-electron chi connectivity index (χ1n) is 11.6. The number of nitrogens with zero attached hydrogens (tertiary/aromatic N) is 6. The van der Waals surface area contributed by atoms with Crippen LogP contribution in [0, 0.1) is 0 Å². The largest absolute Gasteiger partial charge is 0.394 e. The normalized spacial score (nSPS) is 16.3. The van der Waals surface area contributed by atoms with Gasteiger partial charge in [0.25, 0.3) is 5.56 Å². The van der Waals surface area contributed by atoms with Gasteiger partial charge in [-0.15, -0.1) is 0 Å². The van der Waals surface area contributed by atoms with Gasteiger partial charge in [-0.1, -0.05) is 29.8 Å². The van der Waals surface area contributed by atoms with E-state index in [1.807, 2.05) is 42.7 Å². The number of hydrogen-bond donors (Lipinski definition) is 2. The minimum Gasteiger partial charge on any atom is -0.394 e. The average molecular weight is 459 g/mol. The van der Waals surface area contributed by atoms with Crippen molar-refractivity contribution in [2.75, 3.05) is 23.7 Å². The lowest BCUT2D eigenvalue weighted by Crippen LogP contribution is -2.44. The van der Waals surface area contributed by atoms with E-state index in [9.17, 15) is 4.79 Å². The molecule has 1 atom stereocenters. The zero-order valence-corrected chi connectivity index (χ0v) is 19.6. The summed E-state index contributed by atoms with van der Waals surface area (Å²) in [6.45, 7) is 6.39. The van der Waals surface area contributed by atoms with E-state index in [0.717, 1.165) is 41.7 Å². The second-order valence-electron chi connectivity index (χ2n) is 9.20.